The van der Waals surface area contributed by atoms with Crippen molar-refractivity contribution in [1.82, 2.24) is 0 Å². The van der Waals surface area contributed by atoms with E-state index in [0.717, 1.165) is 123 Å². The first-order valence-corrected chi connectivity index (χ1v) is 45.0. The average Bonchev–Trinajstić information content (AvgIpc) is 1.46. The molecule has 0 unspecified atom stereocenters. The zero-order valence-corrected chi connectivity index (χ0v) is 70.6. The van der Waals surface area contributed by atoms with Crippen LogP contribution in [0.15, 0.2) is 458 Å². The highest BCUT2D eigenvalue weighted by atomic mass is 32.1. The molecule has 26 aromatic rings. The van der Waals surface area contributed by atoms with Crippen LogP contribution in [0.2, 0.25) is 0 Å². The van der Waals surface area contributed by atoms with Gasteiger partial charge in [0.2, 0.25) is 0 Å². The van der Waals surface area contributed by atoms with Crippen molar-refractivity contribution in [3.8, 4) is 22.3 Å². The van der Waals surface area contributed by atoms with Gasteiger partial charge in [0.25, 0.3) is 0 Å². The van der Waals surface area contributed by atoms with Crippen LogP contribution in [0.3, 0.4) is 0 Å². The van der Waals surface area contributed by atoms with Gasteiger partial charge < -0.3 is 28.4 Å². The van der Waals surface area contributed by atoms with E-state index in [-0.39, 0.29) is 17.8 Å². The molecule has 5 heterocycles. The molecule has 5 aromatic heterocycles. The first-order chi connectivity index (χ1) is 65.0. The monoisotopic (exact) mass is 1680 g/mol. The van der Waals surface area contributed by atoms with E-state index in [4.69, 9.17) is 12.9 Å². The number of fused-ring (bicyclic) bond motifs is 22. The summed E-state index contributed by atoms with van der Waals surface area (Å²) in [4.78, 5) is 8.86. The highest BCUT2D eigenvalue weighted by Crippen LogP contribution is 2.53. The number of rotatable bonds is 14. The lowest BCUT2D eigenvalue weighted by molar-refractivity contribution is 0.669. The summed E-state index contributed by atoms with van der Waals surface area (Å²) in [5.74, 6) is 0. The minimum atomic E-state index is -0.433. The molecule has 0 saturated carbocycles. The molecule has 0 N–H and O–H groups in total. The van der Waals surface area contributed by atoms with Crippen LogP contribution < -0.4 is 19.6 Å². The Morgan fingerprint density at radius 2 is 0.543 bits per heavy atom. The van der Waals surface area contributed by atoms with Gasteiger partial charge in [-0.15, -0.1) is 34.0 Å². The fraction of sp³-hybridized carbons (Fsp3) is 0. The number of hydrogen-bond acceptors (Lipinski definition) is 9. The van der Waals surface area contributed by atoms with Crippen LogP contribution in [0.1, 0.15) is 6.85 Å². The van der Waals surface area contributed by atoms with E-state index < -0.39 is 18.1 Å². The van der Waals surface area contributed by atoms with Gasteiger partial charge in [0.15, 0.2) is 0 Å². The van der Waals surface area contributed by atoms with Gasteiger partial charge in [0.05, 0.1) is 18.2 Å². The van der Waals surface area contributed by atoms with Crippen LogP contribution in [0.4, 0.5) is 68.2 Å². The van der Waals surface area contributed by atoms with Crippen molar-refractivity contribution in [2.24, 2.45) is 0 Å². The Kier molecular flexibility index (Phi) is 16.5. The largest absolute Gasteiger partial charge is 0.456 e. The van der Waals surface area contributed by atoms with Crippen LogP contribution in [0.25, 0.3) is 170 Å². The second-order valence-electron chi connectivity index (χ2n) is 32.2. The molecular weight excluding hydrogens is 1600 g/mol. The highest BCUT2D eigenvalue weighted by molar-refractivity contribution is 7.26. The second kappa shape index (κ2) is 30.6. The van der Waals surface area contributed by atoms with E-state index >= 15 is 0 Å². The summed E-state index contributed by atoms with van der Waals surface area (Å²) >= 11 is 5.40. The fourth-order valence-electron chi connectivity index (χ4n) is 19.1. The molecular formula is C118H74N4O2S3. The summed E-state index contributed by atoms with van der Waals surface area (Å²) in [6.07, 6.45) is 0. The first-order valence-electron chi connectivity index (χ1n) is 45.1. The summed E-state index contributed by atoms with van der Waals surface area (Å²) in [5.41, 5.74) is 17.8. The molecule has 127 heavy (non-hydrogen) atoms. The second-order valence-corrected chi connectivity index (χ2v) is 35.5. The first kappa shape index (κ1) is 68.6. The quantitative estimate of drug-likeness (QED) is 0.101. The van der Waals surface area contributed by atoms with Crippen molar-refractivity contribution >= 4 is 250 Å². The number of benzene rings is 21. The molecule has 21 aromatic carbocycles. The molecule has 596 valence electrons. The van der Waals surface area contributed by atoms with Crippen molar-refractivity contribution in [3.63, 3.8) is 0 Å². The molecule has 0 radical (unpaired) electrons. The molecule has 0 aliphatic rings. The van der Waals surface area contributed by atoms with E-state index in [1.54, 1.807) is 22.7 Å². The maximum absolute atomic E-state index is 9.23. The summed E-state index contributed by atoms with van der Waals surface area (Å²) in [6.45, 7) is 0. The zero-order chi connectivity index (χ0) is 87.9. The van der Waals surface area contributed by atoms with Crippen LogP contribution in [-0.4, -0.2) is 0 Å². The minimum Gasteiger partial charge on any atom is -0.456 e. The van der Waals surface area contributed by atoms with Crippen molar-refractivity contribution in [3.05, 3.63) is 449 Å². The topological polar surface area (TPSA) is 39.2 Å². The standard InChI is InChI=1S/C70H42N2O2S.C48H32N2S2/c1-3-17-49(18-4-1)71(51-28-33-62-58(40-51)68-55-21-11-9-13-43(55)23-31-64(68)73-62)53-27-30-54(48-25-35-66-60(39-48)70-57-38-46-16-8-7-15-45(46)37-47(57)26-36-67(70)75-66)61(42-53)72(50-19-5-2-6-20-50)52-29-34-63-59(41-52)69-56-22-12-10-14-44(56)24-32-65(69)74-63;1-4-14-34(15-5-1)49(37-26-29-48-43(31-37)41-21-11-13-23-46(41)52-48)38-25-27-39(33-24-28-47-42(30-33)40-20-10-12-22-45(40)51-47)44(32-38)50(35-16-6-2-7-17-35)36-18-8-3-9-19-36/h1-42H;1-32H/i;2D,6D,7D,16D,17D. The third-order valence-corrected chi connectivity index (χ3v) is 28.3. The summed E-state index contributed by atoms with van der Waals surface area (Å²) in [6, 6.07) is 147. The van der Waals surface area contributed by atoms with Crippen molar-refractivity contribution < 1.29 is 15.7 Å². The van der Waals surface area contributed by atoms with E-state index in [2.05, 4.69) is 385 Å². The SMILES string of the molecule is [2H]c1c([2H])c([2H])c(N(c2ccccc2)c2cc(N(c3ccccc3)c3ccc4sc5ccccc5c4c3)ccc2-c2ccc3sc4ccccc4c3c2)c([2H])c1[2H].c1ccc(N(c2ccc(-c3ccc4sc5ccc6cc7ccccc7cc6c5c4c3)c(N(c3ccccc3)c3ccc4oc5ccc6ccccc6c5c4c3)c2)c2ccc3oc4ccc5ccccc5c4c3c2)cc1. The van der Waals surface area contributed by atoms with Crippen LogP contribution in [-0.2, 0) is 0 Å². The van der Waals surface area contributed by atoms with Crippen LogP contribution in [0, 0.1) is 0 Å². The maximum Gasteiger partial charge on any atom is 0.136 e. The molecule has 0 bridgehead atoms. The molecule has 6 nitrogen and oxygen atoms in total. The van der Waals surface area contributed by atoms with Gasteiger partial charge in [-0.2, -0.15) is 0 Å². The lowest BCUT2D eigenvalue weighted by Crippen LogP contribution is -2.14. The highest BCUT2D eigenvalue weighted by Gasteiger charge is 2.28. The Morgan fingerprint density at radius 3 is 1.07 bits per heavy atom. The summed E-state index contributed by atoms with van der Waals surface area (Å²) in [5, 5.41) is 21.4. The van der Waals surface area contributed by atoms with Crippen molar-refractivity contribution in [2.45, 2.75) is 0 Å². The molecule has 0 aliphatic heterocycles. The molecule has 0 fully saturated rings. The number of hydrogen-bond donors (Lipinski definition) is 0. The summed E-state index contributed by atoms with van der Waals surface area (Å²) in [7, 11) is 0. The van der Waals surface area contributed by atoms with Gasteiger partial charge in [-0.3, -0.25) is 0 Å². The number of anilines is 12. The lowest BCUT2D eigenvalue weighted by atomic mass is 9.96. The predicted molar refractivity (Wildman–Crippen MR) is 546 cm³/mol. The molecule has 0 saturated heterocycles. The Bertz CT molecular complexity index is 9140. The van der Waals surface area contributed by atoms with Crippen molar-refractivity contribution in [2.75, 3.05) is 19.6 Å². The lowest BCUT2D eigenvalue weighted by Gasteiger charge is -2.31. The smallest absolute Gasteiger partial charge is 0.136 e. The van der Waals surface area contributed by atoms with E-state index in [0.29, 0.717) is 11.4 Å². The van der Waals surface area contributed by atoms with Gasteiger partial charge in [-0.25, -0.2) is 0 Å². The zero-order valence-electron chi connectivity index (χ0n) is 73.2. The van der Waals surface area contributed by atoms with Gasteiger partial charge in [0, 0.05) is 150 Å². The number of nitrogens with zero attached hydrogens (tertiary/aromatic N) is 4. The molecule has 0 aliphatic carbocycles. The van der Waals surface area contributed by atoms with E-state index in [1.165, 1.54) is 98.2 Å². The Hall–Kier alpha value is -15.9. The molecule has 0 amide bonds. The number of para-hydroxylation sites is 5. The maximum atomic E-state index is 9.23. The fourth-order valence-corrected chi connectivity index (χ4v) is 22.4. The average molecular weight is 1680 g/mol. The molecule has 0 spiro atoms. The Balaban J connectivity index is 0.000000148. The predicted octanol–water partition coefficient (Wildman–Crippen LogP) is 36.1. The Morgan fingerprint density at radius 1 is 0.189 bits per heavy atom. The van der Waals surface area contributed by atoms with Gasteiger partial charge in [-0.05, 0) is 260 Å². The van der Waals surface area contributed by atoms with Crippen molar-refractivity contribution in [1.29, 1.82) is 0 Å². The van der Waals surface area contributed by atoms with Crippen LogP contribution >= 0.6 is 34.0 Å². The third-order valence-electron chi connectivity index (χ3n) is 24.9. The summed E-state index contributed by atoms with van der Waals surface area (Å²) < 4.78 is 64.9. The number of thiophene rings is 3. The third kappa shape index (κ3) is 12.8. The molecule has 9 heteroatoms. The van der Waals surface area contributed by atoms with Gasteiger partial charge >= 0.3 is 0 Å². The Labute approximate surface area is 750 Å². The number of furan rings is 2. The van der Waals surface area contributed by atoms with Gasteiger partial charge in [-0.1, -0.05) is 243 Å². The van der Waals surface area contributed by atoms with E-state index in [9.17, 15) is 2.74 Å². The molecule has 0 atom stereocenters. The normalized spacial score (nSPS) is 12.3. The van der Waals surface area contributed by atoms with E-state index in [1.807, 2.05) is 64.8 Å². The van der Waals surface area contributed by atoms with Gasteiger partial charge in [0.1, 0.15) is 22.3 Å². The van der Waals surface area contributed by atoms with Crippen LogP contribution in [0.5, 0.6) is 0 Å². The molecule has 26 rings (SSSR count). The minimum absolute atomic E-state index is 0.0742.